The third-order valence-electron chi connectivity index (χ3n) is 4.80. The molecule has 0 unspecified atom stereocenters. The Morgan fingerprint density at radius 1 is 1.40 bits per heavy atom. The van der Waals surface area contributed by atoms with Gasteiger partial charge in [-0.3, -0.25) is 0 Å². The molecule has 0 amide bonds. The van der Waals surface area contributed by atoms with Gasteiger partial charge in [-0.15, -0.1) is 11.6 Å². The van der Waals surface area contributed by atoms with Crippen molar-refractivity contribution >= 4 is 38.6 Å². The van der Waals surface area contributed by atoms with Gasteiger partial charge >= 0.3 is 0 Å². The summed E-state index contributed by atoms with van der Waals surface area (Å²) in [6, 6.07) is 3.32. The van der Waals surface area contributed by atoms with Crippen LogP contribution in [0, 0.1) is 17.2 Å². The van der Waals surface area contributed by atoms with E-state index < -0.39 is 0 Å². The average molecular weight is 358 g/mol. The smallest absolute Gasteiger partial charge is 0.139 e. The van der Waals surface area contributed by atoms with Crippen molar-refractivity contribution in [1.29, 1.82) is 0 Å². The largest absolute Gasteiger partial charge is 0.326 e. The van der Waals surface area contributed by atoms with Crippen molar-refractivity contribution in [2.45, 2.75) is 38.1 Å². The number of hydrogen-bond acceptors (Lipinski definition) is 1. The summed E-state index contributed by atoms with van der Waals surface area (Å²) >= 11 is 9.31. The maximum absolute atomic E-state index is 13.7. The predicted molar refractivity (Wildman–Crippen MR) is 81.3 cm³/mol. The summed E-state index contributed by atoms with van der Waals surface area (Å²) in [7, 11) is 0. The van der Waals surface area contributed by atoms with Crippen LogP contribution >= 0.6 is 27.5 Å². The van der Waals surface area contributed by atoms with E-state index in [0.717, 1.165) is 23.8 Å². The average Bonchev–Trinajstić information content (AvgIpc) is 3.30. The lowest BCUT2D eigenvalue weighted by atomic mass is 10.0. The summed E-state index contributed by atoms with van der Waals surface area (Å²) in [6.07, 6.45) is 5.34. The normalized spacial score (nSPS) is 20.6. The molecule has 2 aliphatic carbocycles. The summed E-state index contributed by atoms with van der Waals surface area (Å²) in [5, 5.41) is 0. The molecule has 0 N–H and O–H groups in total. The number of hydrogen-bond donors (Lipinski definition) is 0. The summed E-state index contributed by atoms with van der Waals surface area (Å²) < 4.78 is 16.3. The topological polar surface area (TPSA) is 17.8 Å². The van der Waals surface area contributed by atoms with Crippen LogP contribution in [0.2, 0.25) is 0 Å². The quantitative estimate of drug-likeness (QED) is 0.714. The van der Waals surface area contributed by atoms with E-state index in [1.54, 1.807) is 0 Å². The van der Waals surface area contributed by atoms with Crippen LogP contribution in [0.25, 0.3) is 11.0 Å². The van der Waals surface area contributed by atoms with Crippen molar-refractivity contribution < 1.29 is 4.39 Å². The SMILES string of the molecule is Fc1cc2nc(CCl)n(CC3(C4CC4)CC3)c2cc1Br. The number of aromatic nitrogens is 2. The number of nitrogens with zero attached hydrogens (tertiary/aromatic N) is 2. The zero-order valence-electron chi connectivity index (χ0n) is 11.0. The van der Waals surface area contributed by atoms with E-state index in [2.05, 4.69) is 25.5 Å². The van der Waals surface area contributed by atoms with Crippen LogP contribution in [0.1, 0.15) is 31.5 Å². The molecule has 2 aliphatic rings. The molecule has 0 bridgehead atoms. The van der Waals surface area contributed by atoms with Gasteiger partial charge in [0.15, 0.2) is 0 Å². The number of benzene rings is 1. The van der Waals surface area contributed by atoms with Crippen LogP contribution in [-0.4, -0.2) is 9.55 Å². The molecule has 20 heavy (non-hydrogen) atoms. The van der Waals surface area contributed by atoms with Gasteiger partial charge in [0.2, 0.25) is 0 Å². The van der Waals surface area contributed by atoms with Crippen molar-refractivity contribution in [1.82, 2.24) is 9.55 Å². The van der Waals surface area contributed by atoms with Gasteiger partial charge in [0.05, 0.1) is 21.4 Å². The second-order valence-corrected chi connectivity index (χ2v) is 7.26. The first kappa shape index (κ1) is 13.1. The predicted octanol–water partition coefficient (Wildman–Crippen LogP) is 4.87. The number of alkyl halides is 1. The van der Waals surface area contributed by atoms with Gasteiger partial charge in [0, 0.05) is 12.6 Å². The van der Waals surface area contributed by atoms with E-state index in [0.29, 0.717) is 21.3 Å². The van der Waals surface area contributed by atoms with Gasteiger partial charge in [0.25, 0.3) is 0 Å². The van der Waals surface area contributed by atoms with Gasteiger partial charge in [-0.2, -0.15) is 0 Å². The van der Waals surface area contributed by atoms with Crippen LogP contribution in [0.4, 0.5) is 4.39 Å². The minimum atomic E-state index is -0.272. The van der Waals surface area contributed by atoms with Crippen molar-refractivity contribution in [3.63, 3.8) is 0 Å². The van der Waals surface area contributed by atoms with Crippen molar-refractivity contribution in [3.8, 4) is 0 Å². The van der Waals surface area contributed by atoms with E-state index in [1.165, 1.54) is 31.7 Å². The third kappa shape index (κ3) is 2.00. The molecule has 2 nitrogen and oxygen atoms in total. The maximum atomic E-state index is 13.7. The third-order valence-corrected chi connectivity index (χ3v) is 5.64. The van der Waals surface area contributed by atoms with Gasteiger partial charge < -0.3 is 4.57 Å². The Morgan fingerprint density at radius 2 is 2.15 bits per heavy atom. The van der Waals surface area contributed by atoms with Crippen molar-refractivity contribution in [2.24, 2.45) is 11.3 Å². The summed E-state index contributed by atoms with van der Waals surface area (Å²) in [6.45, 7) is 0.980. The van der Waals surface area contributed by atoms with Gasteiger partial charge in [0.1, 0.15) is 11.6 Å². The standard InChI is InChI=1S/C15H15BrClFN2/c16-10-5-13-12(6-11(10)18)19-14(7-17)20(13)8-15(3-4-15)9-1-2-9/h5-6,9H,1-4,7-8H2. The zero-order valence-corrected chi connectivity index (χ0v) is 13.3. The minimum Gasteiger partial charge on any atom is -0.326 e. The number of imidazole rings is 1. The molecule has 4 rings (SSSR count). The van der Waals surface area contributed by atoms with Gasteiger partial charge in [-0.25, -0.2) is 9.37 Å². The highest BCUT2D eigenvalue weighted by molar-refractivity contribution is 9.10. The zero-order chi connectivity index (χ0) is 13.9. The molecule has 2 saturated carbocycles. The molecule has 0 atom stereocenters. The summed E-state index contributed by atoms with van der Waals surface area (Å²) in [5.41, 5.74) is 2.16. The van der Waals surface area contributed by atoms with Crippen molar-refractivity contribution in [2.75, 3.05) is 0 Å². The molecule has 5 heteroatoms. The highest BCUT2D eigenvalue weighted by Crippen LogP contribution is 2.62. The molecular formula is C15H15BrClFN2. The number of halogens is 3. The molecular weight excluding hydrogens is 343 g/mol. The highest BCUT2D eigenvalue weighted by Gasteiger charge is 2.54. The molecule has 1 aromatic carbocycles. The van der Waals surface area contributed by atoms with Gasteiger partial charge in [-0.1, -0.05) is 0 Å². The van der Waals surface area contributed by atoms with Gasteiger partial charge in [-0.05, 0) is 59.0 Å². The fourth-order valence-electron chi connectivity index (χ4n) is 3.32. The minimum absolute atomic E-state index is 0.272. The first-order valence-corrected chi connectivity index (χ1v) is 8.36. The van der Waals surface area contributed by atoms with Crippen LogP contribution in [0.5, 0.6) is 0 Å². The Labute approximate surface area is 130 Å². The number of fused-ring (bicyclic) bond motifs is 1. The van der Waals surface area contributed by atoms with E-state index in [4.69, 9.17) is 11.6 Å². The highest BCUT2D eigenvalue weighted by atomic mass is 79.9. The number of rotatable bonds is 4. The van der Waals surface area contributed by atoms with Crippen molar-refractivity contribution in [3.05, 3.63) is 28.2 Å². The van der Waals surface area contributed by atoms with Crippen LogP contribution in [-0.2, 0) is 12.4 Å². The molecule has 1 aromatic heterocycles. The summed E-state index contributed by atoms with van der Waals surface area (Å²) in [5.74, 6) is 1.83. The lowest BCUT2D eigenvalue weighted by Gasteiger charge is -2.17. The molecule has 2 aromatic rings. The second kappa shape index (κ2) is 4.44. The first-order chi connectivity index (χ1) is 9.63. The van der Waals surface area contributed by atoms with Crippen LogP contribution in [0.15, 0.2) is 16.6 Å². The molecule has 2 fully saturated rings. The Morgan fingerprint density at radius 3 is 2.75 bits per heavy atom. The Hall–Kier alpha value is -0.610. The Kier molecular flexibility index (Phi) is 2.90. The Balaban J connectivity index is 1.81. The van der Waals surface area contributed by atoms with E-state index in [1.807, 2.05) is 6.07 Å². The Bertz CT molecular complexity index is 689. The monoisotopic (exact) mass is 356 g/mol. The van der Waals surface area contributed by atoms with E-state index in [-0.39, 0.29) is 5.82 Å². The van der Waals surface area contributed by atoms with Crippen LogP contribution < -0.4 is 0 Å². The molecule has 0 aliphatic heterocycles. The van der Waals surface area contributed by atoms with E-state index in [9.17, 15) is 4.39 Å². The fourth-order valence-corrected chi connectivity index (χ4v) is 3.85. The molecule has 106 valence electrons. The molecule has 0 saturated heterocycles. The second-order valence-electron chi connectivity index (χ2n) is 6.14. The molecule has 0 radical (unpaired) electrons. The first-order valence-electron chi connectivity index (χ1n) is 7.03. The fraction of sp³-hybridized carbons (Fsp3) is 0.533. The van der Waals surface area contributed by atoms with Crippen LogP contribution in [0.3, 0.4) is 0 Å². The summed E-state index contributed by atoms with van der Waals surface area (Å²) in [4.78, 5) is 4.49. The maximum Gasteiger partial charge on any atom is 0.139 e. The molecule has 0 spiro atoms. The lowest BCUT2D eigenvalue weighted by Crippen LogP contribution is -2.15. The molecule has 1 heterocycles. The van der Waals surface area contributed by atoms with E-state index >= 15 is 0 Å². The lowest BCUT2D eigenvalue weighted by molar-refractivity contribution is 0.371.